The van der Waals surface area contributed by atoms with Crippen molar-refractivity contribution in [1.29, 1.82) is 0 Å². The number of nitrogens with two attached hydrogens (primary N) is 1. The van der Waals surface area contributed by atoms with Crippen LogP contribution in [0.2, 0.25) is 0 Å². The zero-order valence-electron chi connectivity index (χ0n) is 8.12. The van der Waals surface area contributed by atoms with Crippen molar-refractivity contribution in [2.75, 3.05) is 5.73 Å². The van der Waals surface area contributed by atoms with Gasteiger partial charge in [0.2, 0.25) is 0 Å². The molecule has 3 nitrogen and oxygen atoms in total. The van der Waals surface area contributed by atoms with Crippen LogP contribution in [0.25, 0.3) is 11.3 Å². The van der Waals surface area contributed by atoms with Crippen molar-refractivity contribution in [3.63, 3.8) is 0 Å². The Morgan fingerprint density at radius 2 is 2.07 bits per heavy atom. The van der Waals surface area contributed by atoms with Gasteiger partial charge < -0.3 is 5.73 Å². The number of nitrogens with zero attached hydrogens (tertiary/aromatic N) is 1. The average Bonchev–Trinajstić information content (AvgIpc) is 2.56. The Bertz CT molecular complexity index is 467. The van der Waals surface area contributed by atoms with Crippen LogP contribution >= 0.6 is 12.4 Å². The summed E-state index contributed by atoms with van der Waals surface area (Å²) in [4.78, 5) is 0. The van der Waals surface area contributed by atoms with Crippen molar-refractivity contribution in [3.05, 3.63) is 35.6 Å². The van der Waals surface area contributed by atoms with Crippen molar-refractivity contribution in [3.8, 4) is 11.3 Å². The number of rotatable bonds is 1. The van der Waals surface area contributed by atoms with E-state index in [2.05, 4.69) is 10.2 Å². The second-order valence-electron chi connectivity index (χ2n) is 3.17. The lowest BCUT2D eigenvalue weighted by atomic mass is 10.1. The van der Waals surface area contributed by atoms with Gasteiger partial charge in [-0.15, -0.1) is 12.4 Å². The van der Waals surface area contributed by atoms with Crippen LogP contribution in [0, 0.1) is 12.7 Å². The van der Waals surface area contributed by atoms with Gasteiger partial charge in [-0.3, -0.25) is 5.10 Å². The third-order valence-electron chi connectivity index (χ3n) is 2.09. The van der Waals surface area contributed by atoms with Gasteiger partial charge >= 0.3 is 0 Å². The van der Waals surface area contributed by atoms with E-state index in [1.807, 2.05) is 6.92 Å². The van der Waals surface area contributed by atoms with E-state index in [1.165, 1.54) is 12.1 Å². The van der Waals surface area contributed by atoms with Crippen LogP contribution in [0.5, 0.6) is 0 Å². The summed E-state index contributed by atoms with van der Waals surface area (Å²) in [6.45, 7) is 1.91. The third kappa shape index (κ3) is 2.27. The number of nitrogen functional groups attached to an aromatic ring is 1. The molecule has 0 unspecified atom stereocenters. The van der Waals surface area contributed by atoms with Crippen LogP contribution in [0.15, 0.2) is 24.3 Å². The highest BCUT2D eigenvalue weighted by atomic mass is 35.5. The molecule has 0 aliphatic rings. The van der Waals surface area contributed by atoms with E-state index in [4.69, 9.17) is 5.73 Å². The number of aryl methyl sites for hydroxylation is 1. The molecule has 1 heterocycles. The molecular weight excluding hydrogens is 217 g/mol. The van der Waals surface area contributed by atoms with Gasteiger partial charge in [0, 0.05) is 11.6 Å². The van der Waals surface area contributed by atoms with E-state index in [1.54, 1.807) is 12.1 Å². The number of H-pyrrole nitrogens is 1. The van der Waals surface area contributed by atoms with Gasteiger partial charge in [-0.1, -0.05) is 6.07 Å². The van der Waals surface area contributed by atoms with Crippen LogP contribution < -0.4 is 5.73 Å². The first-order valence-electron chi connectivity index (χ1n) is 4.24. The molecule has 0 saturated heterocycles. The molecule has 0 amide bonds. The van der Waals surface area contributed by atoms with Crippen molar-refractivity contribution in [1.82, 2.24) is 10.2 Å². The van der Waals surface area contributed by atoms with E-state index in [-0.39, 0.29) is 18.2 Å². The summed E-state index contributed by atoms with van der Waals surface area (Å²) in [5, 5.41) is 6.54. The van der Waals surface area contributed by atoms with E-state index < -0.39 is 0 Å². The molecular formula is C10H11ClFN3. The minimum atomic E-state index is -0.265. The highest BCUT2D eigenvalue weighted by Gasteiger charge is 2.05. The highest BCUT2D eigenvalue weighted by molar-refractivity contribution is 5.85. The molecule has 3 N–H and O–H groups in total. The summed E-state index contributed by atoms with van der Waals surface area (Å²) >= 11 is 0. The molecule has 80 valence electrons. The molecule has 0 bridgehead atoms. The number of halogens is 2. The predicted octanol–water partition coefficient (Wildman–Crippen LogP) is 2.53. The number of aromatic nitrogens is 2. The van der Waals surface area contributed by atoms with Gasteiger partial charge in [0.25, 0.3) is 0 Å². The molecule has 1 aromatic heterocycles. The number of nitrogens with one attached hydrogen (secondary N) is 1. The largest absolute Gasteiger partial charge is 0.382 e. The first-order valence-corrected chi connectivity index (χ1v) is 4.24. The van der Waals surface area contributed by atoms with E-state index >= 15 is 0 Å². The number of aromatic amines is 1. The van der Waals surface area contributed by atoms with Crippen molar-refractivity contribution in [2.24, 2.45) is 0 Å². The second kappa shape index (κ2) is 4.31. The van der Waals surface area contributed by atoms with Crippen molar-refractivity contribution in [2.45, 2.75) is 6.92 Å². The van der Waals surface area contributed by atoms with Crippen LogP contribution in [0.3, 0.4) is 0 Å². The Kier molecular flexibility index (Phi) is 3.31. The third-order valence-corrected chi connectivity index (χ3v) is 2.09. The summed E-state index contributed by atoms with van der Waals surface area (Å²) in [6.07, 6.45) is 0. The fourth-order valence-electron chi connectivity index (χ4n) is 1.36. The molecule has 15 heavy (non-hydrogen) atoms. The SMILES string of the molecule is Cc1ccc(F)cc1-c1cc(N)n[nH]1.Cl. The van der Waals surface area contributed by atoms with E-state index in [0.717, 1.165) is 16.8 Å². The van der Waals surface area contributed by atoms with E-state index in [0.29, 0.717) is 5.82 Å². The Balaban J connectivity index is 0.00000112. The summed E-state index contributed by atoms with van der Waals surface area (Å²) in [7, 11) is 0. The summed E-state index contributed by atoms with van der Waals surface area (Å²) in [5.74, 6) is 0.141. The van der Waals surface area contributed by atoms with Crippen LogP contribution in [0.4, 0.5) is 10.2 Å². The van der Waals surface area contributed by atoms with Gasteiger partial charge in [-0.2, -0.15) is 5.10 Å². The molecule has 2 aromatic rings. The molecule has 0 atom stereocenters. The van der Waals surface area contributed by atoms with Crippen LogP contribution in [-0.4, -0.2) is 10.2 Å². The zero-order chi connectivity index (χ0) is 10.1. The first kappa shape index (κ1) is 11.5. The topological polar surface area (TPSA) is 54.7 Å². The summed E-state index contributed by atoms with van der Waals surface area (Å²) in [5.41, 5.74) is 7.97. The molecule has 0 fully saturated rings. The van der Waals surface area contributed by atoms with Gasteiger partial charge in [-0.25, -0.2) is 4.39 Å². The monoisotopic (exact) mass is 227 g/mol. The van der Waals surface area contributed by atoms with Gasteiger partial charge in [0.15, 0.2) is 0 Å². The van der Waals surface area contributed by atoms with Gasteiger partial charge in [-0.05, 0) is 24.6 Å². The number of benzene rings is 1. The van der Waals surface area contributed by atoms with Crippen LogP contribution in [-0.2, 0) is 0 Å². The second-order valence-corrected chi connectivity index (χ2v) is 3.17. The number of hydrogen-bond donors (Lipinski definition) is 2. The average molecular weight is 228 g/mol. The Morgan fingerprint density at radius 3 is 2.67 bits per heavy atom. The maximum Gasteiger partial charge on any atom is 0.145 e. The minimum Gasteiger partial charge on any atom is -0.382 e. The zero-order valence-corrected chi connectivity index (χ0v) is 8.94. The van der Waals surface area contributed by atoms with Crippen molar-refractivity contribution >= 4 is 18.2 Å². The molecule has 2 rings (SSSR count). The molecule has 1 aromatic carbocycles. The fraction of sp³-hybridized carbons (Fsp3) is 0.100. The van der Waals surface area contributed by atoms with E-state index in [9.17, 15) is 4.39 Å². The minimum absolute atomic E-state index is 0. The predicted molar refractivity (Wildman–Crippen MR) is 60.4 cm³/mol. The highest BCUT2D eigenvalue weighted by Crippen LogP contribution is 2.23. The molecule has 0 aliphatic carbocycles. The Morgan fingerprint density at radius 1 is 1.33 bits per heavy atom. The maximum atomic E-state index is 13.0. The smallest absolute Gasteiger partial charge is 0.145 e. The molecule has 5 heteroatoms. The quantitative estimate of drug-likeness (QED) is 0.787. The number of anilines is 1. The summed E-state index contributed by atoms with van der Waals surface area (Å²) in [6, 6.07) is 6.30. The standard InChI is InChI=1S/C10H10FN3.ClH/c1-6-2-3-7(11)4-8(6)9-5-10(12)14-13-9;/h2-5H,1H3,(H3,12,13,14);1H. The molecule has 0 aliphatic heterocycles. The summed E-state index contributed by atoms with van der Waals surface area (Å²) < 4.78 is 13.0. The van der Waals surface area contributed by atoms with Crippen molar-refractivity contribution < 1.29 is 4.39 Å². The van der Waals surface area contributed by atoms with Gasteiger partial charge in [0.05, 0.1) is 5.69 Å². The fourth-order valence-corrected chi connectivity index (χ4v) is 1.36. The lowest BCUT2D eigenvalue weighted by Gasteiger charge is -2.01. The maximum absolute atomic E-state index is 13.0. The lowest BCUT2D eigenvalue weighted by molar-refractivity contribution is 0.628. The Hall–Kier alpha value is -1.55. The molecule has 0 spiro atoms. The Labute approximate surface area is 92.9 Å². The lowest BCUT2D eigenvalue weighted by Crippen LogP contribution is -1.85. The van der Waals surface area contributed by atoms with Gasteiger partial charge in [0.1, 0.15) is 11.6 Å². The normalized spacial score (nSPS) is 9.73. The molecule has 0 radical (unpaired) electrons. The van der Waals surface area contributed by atoms with Crippen LogP contribution in [0.1, 0.15) is 5.56 Å². The molecule has 0 saturated carbocycles. The number of hydrogen-bond acceptors (Lipinski definition) is 2. The first-order chi connectivity index (χ1) is 6.66.